The largest absolute Gasteiger partial charge is 0.492 e. The van der Waals surface area contributed by atoms with E-state index in [1.807, 2.05) is 36.4 Å². The lowest BCUT2D eigenvalue weighted by atomic mass is 10.1. The highest BCUT2D eigenvalue weighted by Crippen LogP contribution is 2.20. The number of fused-ring (bicyclic) bond motifs is 1. The van der Waals surface area contributed by atoms with Crippen LogP contribution < -0.4 is 10.1 Å². The first-order valence-corrected chi connectivity index (χ1v) is 7.72. The van der Waals surface area contributed by atoms with Gasteiger partial charge in [0, 0.05) is 16.7 Å². The highest BCUT2D eigenvalue weighted by atomic mass is 79.9. The van der Waals surface area contributed by atoms with Crippen LogP contribution in [0.4, 0.5) is 5.69 Å². The first-order valence-electron chi connectivity index (χ1n) is 6.92. The van der Waals surface area contributed by atoms with Gasteiger partial charge < -0.3 is 10.1 Å². The minimum Gasteiger partial charge on any atom is -0.492 e. The van der Waals surface area contributed by atoms with Crippen LogP contribution in [0, 0.1) is 0 Å². The van der Waals surface area contributed by atoms with E-state index in [-0.39, 0.29) is 0 Å². The summed E-state index contributed by atoms with van der Waals surface area (Å²) in [5, 5.41) is 5.77. The number of benzene rings is 3. The normalized spacial score (nSPS) is 10.5. The SMILES string of the molecule is Brc1cccc(NCCOc2ccc3ccccc3c2)c1. The molecule has 1 N–H and O–H groups in total. The number of anilines is 1. The Morgan fingerprint density at radius 2 is 1.71 bits per heavy atom. The van der Waals surface area contributed by atoms with Crippen LogP contribution in [0.15, 0.2) is 71.2 Å². The molecule has 0 unspecified atom stereocenters. The first kappa shape index (κ1) is 14.0. The van der Waals surface area contributed by atoms with E-state index in [0.29, 0.717) is 6.61 Å². The Kier molecular flexibility index (Phi) is 4.41. The molecule has 21 heavy (non-hydrogen) atoms. The molecule has 0 radical (unpaired) electrons. The Morgan fingerprint density at radius 1 is 0.857 bits per heavy atom. The summed E-state index contributed by atoms with van der Waals surface area (Å²) in [4.78, 5) is 0. The van der Waals surface area contributed by atoms with Gasteiger partial charge in [0.1, 0.15) is 12.4 Å². The van der Waals surface area contributed by atoms with E-state index in [1.165, 1.54) is 10.8 Å². The smallest absolute Gasteiger partial charge is 0.120 e. The number of hydrogen-bond acceptors (Lipinski definition) is 2. The molecule has 0 aliphatic carbocycles. The molecule has 0 saturated carbocycles. The molecule has 0 spiro atoms. The van der Waals surface area contributed by atoms with E-state index in [9.17, 15) is 0 Å². The predicted molar refractivity (Wildman–Crippen MR) is 92.1 cm³/mol. The standard InChI is InChI=1S/C18H16BrNO/c19-16-6-3-7-17(13-16)20-10-11-21-18-9-8-14-4-1-2-5-15(14)12-18/h1-9,12-13,20H,10-11H2. The summed E-state index contributed by atoms with van der Waals surface area (Å²) in [7, 11) is 0. The molecule has 0 amide bonds. The molecule has 0 saturated heterocycles. The third-order valence-corrected chi connectivity index (χ3v) is 3.74. The Hall–Kier alpha value is -2.00. The summed E-state index contributed by atoms with van der Waals surface area (Å²) in [6, 6.07) is 22.6. The van der Waals surface area contributed by atoms with E-state index >= 15 is 0 Å². The molecule has 106 valence electrons. The van der Waals surface area contributed by atoms with Gasteiger partial charge in [-0.15, -0.1) is 0 Å². The van der Waals surface area contributed by atoms with Gasteiger partial charge in [-0.3, -0.25) is 0 Å². The Labute approximate surface area is 132 Å². The zero-order valence-electron chi connectivity index (χ0n) is 11.6. The minimum absolute atomic E-state index is 0.630. The molecular formula is C18H16BrNO. The zero-order chi connectivity index (χ0) is 14.5. The molecule has 3 aromatic carbocycles. The summed E-state index contributed by atoms with van der Waals surface area (Å²) in [5.41, 5.74) is 1.09. The molecule has 3 rings (SSSR count). The van der Waals surface area contributed by atoms with Gasteiger partial charge in [-0.2, -0.15) is 0 Å². The molecule has 0 aromatic heterocycles. The third kappa shape index (κ3) is 3.76. The predicted octanol–water partition coefficient (Wildman–Crippen LogP) is 5.09. The van der Waals surface area contributed by atoms with Gasteiger partial charge in [0.15, 0.2) is 0 Å². The summed E-state index contributed by atoms with van der Waals surface area (Å²) in [5.74, 6) is 0.907. The van der Waals surface area contributed by atoms with E-state index in [0.717, 1.165) is 22.5 Å². The number of rotatable bonds is 5. The van der Waals surface area contributed by atoms with Crippen molar-refractivity contribution < 1.29 is 4.74 Å². The van der Waals surface area contributed by atoms with Crippen molar-refractivity contribution in [1.29, 1.82) is 0 Å². The maximum absolute atomic E-state index is 5.79. The molecule has 3 heteroatoms. The molecule has 0 aliphatic rings. The van der Waals surface area contributed by atoms with Gasteiger partial charge in [-0.25, -0.2) is 0 Å². The second-order valence-electron chi connectivity index (χ2n) is 4.79. The number of nitrogens with one attached hydrogen (secondary N) is 1. The molecule has 3 aromatic rings. The lowest BCUT2D eigenvalue weighted by Crippen LogP contribution is -2.11. The van der Waals surface area contributed by atoms with Gasteiger partial charge in [-0.05, 0) is 41.1 Å². The van der Waals surface area contributed by atoms with Crippen LogP contribution in [-0.2, 0) is 0 Å². The first-order chi connectivity index (χ1) is 10.3. The maximum atomic E-state index is 5.79. The van der Waals surface area contributed by atoms with Gasteiger partial charge >= 0.3 is 0 Å². The topological polar surface area (TPSA) is 21.3 Å². The van der Waals surface area contributed by atoms with Crippen LogP contribution in [0.5, 0.6) is 5.75 Å². The van der Waals surface area contributed by atoms with Gasteiger partial charge in [0.25, 0.3) is 0 Å². The van der Waals surface area contributed by atoms with Crippen LogP contribution in [0.3, 0.4) is 0 Å². The number of ether oxygens (including phenoxy) is 1. The summed E-state index contributed by atoms with van der Waals surface area (Å²) in [6.07, 6.45) is 0. The quantitative estimate of drug-likeness (QED) is 0.652. The van der Waals surface area contributed by atoms with E-state index in [4.69, 9.17) is 4.74 Å². The zero-order valence-corrected chi connectivity index (χ0v) is 13.1. The van der Waals surface area contributed by atoms with Gasteiger partial charge in [0.05, 0.1) is 0 Å². The molecule has 0 atom stereocenters. The molecule has 0 bridgehead atoms. The van der Waals surface area contributed by atoms with Crippen molar-refractivity contribution >= 4 is 32.4 Å². The van der Waals surface area contributed by atoms with Crippen LogP contribution >= 0.6 is 15.9 Å². The highest BCUT2D eigenvalue weighted by molar-refractivity contribution is 9.10. The molecule has 0 heterocycles. The highest BCUT2D eigenvalue weighted by Gasteiger charge is 1.97. The fourth-order valence-electron chi connectivity index (χ4n) is 2.22. The molecule has 0 fully saturated rings. The second kappa shape index (κ2) is 6.64. The Balaban J connectivity index is 1.54. The van der Waals surface area contributed by atoms with Crippen LogP contribution in [0.2, 0.25) is 0 Å². The minimum atomic E-state index is 0.630. The van der Waals surface area contributed by atoms with Crippen molar-refractivity contribution in [3.05, 3.63) is 71.2 Å². The second-order valence-corrected chi connectivity index (χ2v) is 5.71. The fraction of sp³-hybridized carbons (Fsp3) is 0.111. The van der Waals surface area contributed by atoms with E-state index in [1.54, 1.807) is 0 Å². The van der Waals surface area contributed by atoms with E-state index < -0.39 is 0 Å². The fourth-order valence-corrected chi connectivity index (χ4v) is 2.62. The Bertz CT molecular complexity index is 742. The number of hydrogen-bond donors (Lipinski definition) is 1. The third-order valence-electron chi connectivity index (χ3n) is 3.25. The monoisotopic (exact) mass is 341 g/mol. The lowest BCUT2D eigenvalue weighted by molar-refractivity contribution is 0.333. The lowest BCUT2D eigenvalue weighted by Gasteiger charge is -2.09. The van der Waals surface area contributed by atoms with Crippen LogP contribution in [0.1, 0.15) is 0 Å². The average Bonchev–Trinajstić information content (AvgIpc) is 2.51. The summed E-state index contributed by atoms with van der Waals surface area (Å²) < 4.78 is 6.86. The van der Waals surface area contributed by atoms with Gasteiger partial charge in [0.2, 0.25) is 0 Å². The summed E-state index contributed by atoms with van der Waals surface area (Å²) in [6.45, 7) is 1.40. The molecular weight excluding hydrogens is 326 g/mol. The van der Waals surface area contributed by atoms with Crippen molar-refractivity contribution in [2.24, 2.45) is 0 Å². The van der Waals surface area contributed by atoms with Crippen molar-refractivity contribution in [2.45, 2.75) is 0 Å². The maximum Gasteiger partial charge on any atom is 0.120 e. The molecule has 0 aliphatic heterocycles. The molecule has 2 nitrogen and oxygen atoms in total. The van der Waals surface area contributed by atoms with Crippen molar-refractivity contribution in [3.8, 4) is 5.75 Å². The summed E-state index contributed by atoms with van der Waals surface area (Å²) >= 11 is 3.46. The van der Waals surface area contributed by atoms with Crippen molar-refractivity contribution in [1.82, 2.24) is 0 Å². The Morgan fingerprint density at radius 3 is 2.57 bits per heavy atom. The van der Waals surface area contributed by atoms with E-state index in [2.05, 4.69) is 51.6 Å². The van der Waals surface area contributed by atoms with Crippen molar-refractivity contribution in [2.75, 3.05) is 18.5 Å². The van der Waals surface area contributed by atoms with Crippen LogP contribution in [-0.4, -0.2) is 13.2 Å². The van der Waals surface area contributed by atoms with Crippen molar-refractivity contribution in [3.63, 3.8) is 0 Å². The van der Waals surface area contributed by atoms with Gasteiger partial charge in [-0.1, -0.05) is 52.3 Å². The number of halogens is 1. The van der Waals surface area contributed by atoms with Crippen LogP contribution in [0.25, 0.3) is 10.8 Å². The average molecular weight is 342 g/mol.